The highest BCUT2D eigenvalue weighted by atomic mass is 32.1. The van der Waals surface area contributed by atoms with Crippen molar-refractivity contribution in [3.05, 3.63) is 35.2 Å². The molecule has 1 aliphatic rings. The fraction of sp³-hybridized carbons (Fsp3) is 0.438. The molecule has 3 rings (SSSR count). The maximum absolute atomic E-state index is 12.7. The summed E-state index contributed by atoms with van der Waals surface area (Å²) in [5.41, 5.74) is 6.78. The van der Waals surface area contributed by atoms with E-state index in [-0.39, 0.29) is 5.91 Å². The second-order valence-corrected chi connectivity index (χ2v) is 6.54. The van der Waals surface area contributed by atoms with E-state index in [0.29, 0.717) is 12.1 Å². The zero-order chi connectivity index (χ0) is 14.1. The average Bonchev–Trinajstić information content (AvgIpc) is 2.90. The fourth-order valence-electron chi connectivity index (χ4n) is 2.99. The Morgan fingerprint density at radius 1 is 1.25 bits per heavy atom. The van der Waals surface area contributed by atoms with Crippen LogP contribution in [0.5, 0.6) is 0 Å². The van der Waals surface area contributed by atoms with Gasteiger partial charge in [-0.2, -0.15) is 0 Å². The lowest BCUT2D eigenvalue weighted by molar-refractivity contribution is 0.0692. The third-order valence-corrected chi connectivity index (χ3v) is 5.28. The maximum Gasteiger partial charge on any atom is 0.255 e. The molecule has 2 N–H and O–H groups in total. The van der Waals surface area contributed by atoms with Gasteiger partial charge < -0.3 is 10.6 Å². The number of carbonyl (C=O) groups is 1. The van der Waals surface area contributed by atoms with Crippen molar-refractivity contribution < 1.29 is 4.79 Å². The summed E-state index contributed by atoms with van der Waals surface area (Å²) < 4.78 is 1.18. The first-order valence-electron chi connectivity index (χ1n) is 7.16. The summed E-state index contributed by atoms with van der Waals surface area (Å²) in [6, 6.07) is 8.75. The predicted molar refractivity (Wildman–Crippen MR) is 84.1 cm³/mol. The molecule has 0 bridgehead atoms. The van der Waals surface area contributed by atoms with Crippen LogP contribution in [0.1, 0.15) is 36.0 Å². The highest BCUT2D eigenvalue weighted by Crippen LogP contribution is 2.28. The maximum atomic E-state index is 12.7. The number of hydrogen-bond donors (Lipinski definition) is 1. The van der Waals surface area contributed by atoms with Gasteiger partial charge in [0, 0.05) is 34.6 Å². The molecule has 0 aliphatic heterocycles. The molecule has 2 aromatic rings. The van der Waals surface area contributed by atoms with E-state index in [4.69, 9.17) is 5.73 Å². The summed E-state index contributed by atoms with van der Waals surface area (Å²) in [4.78, 5) is 14.6. The van der Waals surface area contributed by atoms with Crippen molar-refractivity contribution in [3.8, 4) is 0 Å². The Labute approximate surface area is 123 Å². The van der Waals surface area contributed by atoms with Crippen LogP contribution in [0.4, 0.5) is 0 Å². The standard InChI is InChI=1S/C16H20N2OS/c1-18(12-8-6-11(17)7-9-12)16(19)14-10-20-15-5-3-2-4-13(14)15/h2-5,10-12H,6-9,17H2,1H3. The number of thiophene rings is 1. The number of rotatable bonds is 2. The van der Waals surface area contributed by atoms with E-state index < -0.39 is 0 Å². The normalized spacial score (nSPS) is 22.9. The molecule has 4 heteroatoms. The van der Waals surface area contributed by atoms with Gasteiger partial charge >= 0.3 is 0 Å². The molecule has 0 spiro atoms. The first-order chi connectivity index (χ1) is 9.66. The molecule has 1 aromatic heterocycles. The summed E-state index contributed by atoms with van der Waals surface area (Å²) >= 11 is 1.64. The molecule has 1 aromatic carbocycles. The monoisotopic (exact) mass is 288 g/mol. The number of carbonyl (C=O) groups excluding carboxylic acids is 1. The SMILES string of the molecule is CN(C(=O)c1csc2ccccc12)C1CCC(N)CC1. The van der Waals surface area contributed by atoms with Gasteiger partial charge in [0.2, 0.25) is 0 Å². The van der Waals surface area contributed by atoms with Crippen molar-refractivity contribution in [2.24, 2.45) is 5.73 Å². The first kappa shape index (κ1) is 13.6. The second kappa shape index (κ2) is 5.54. The Bertz CT molecular complexity index is 614. The summed E-state index contributed by atoms with van der Waals surface area (Å²) in [7, 11) is 1.93. The number of benzene rings is 1. The van der Waals surface area contributed by atoms with Crippen molar-refractivity contribution in [2.75, 3.05) is 7.05 Å². The number of nitrogens with two attached hydrogens (primary N) is 1. The average molecular weight is 288 g/mol. The van der Waals surface area contributed by atoms with Gasteiger partial charge in [-0.15, -0.1) is 11.3 Å². The highest BCUT2D eigenvalue weighted by Gasteiger charge is 2.26. The number of nitrogens with zero attached hydrogens (tertiary/aromatic N) is 1. The van der Waals surface area contributed by atoms with Gasteiger partial charge in [-0.1, -0.05) is 18.2 Å². The smallest absolute Gasteiger partial charge is 0.255 e. The van der Waals surface area contributed by atoms with E-state index in [0.717, 1.165) is 36.6 Å². The lowest BCUT2D eigenvalue weighted by Gasteiger charge is -2.33. The molecule has 1 aliphatic carbocycles. The van der Waals surface area contributed by atoms with Crippen molar-refractivity contribution in [1.82, 2.24) is 4.90 Å². The molecule has 1 saturated carbocycles. The molecular weight excluding hydrogens is 268 g/mol. The van der Waals surface area contributed by atoms with Gasteiger partial charge in [-0.3, -0.25) is 4.79 Å². The molecule has 3 nitrogen and oxygen atoms in total. The molecular formula is C16H20N2OS. The van der Waals surface area contributed by atoms with E-state index in [1.54, 1.807) is 11.3 Å². The van der Waals surface area contributed by atoms with Crippen LogP contribution < -0.4 is 5.73 Å². The Kier molecular flexibility index (Phi) is 3.76. The quantitative estimate of drug-likeness (QED) is 0.922. The van der Waals surface area contributed by atoms with Crippen molar-refractivity contribution in [3.63, 3.8) is 0 Å². The molecule has 0 saturated heterocycles. The summed E-state index contributed by atoms with van der Waals surface area (Å²) in [6.45, 7) is 0. The van der Waals surface area contributed by atoms with Crippen LogP contribution >= 0.6 is 11.3 Å². The zero-order valence-electron chi connectivity index (χ0n) is 11.7. The van der Waals surface area contributed by atoms with Crippen LogP contribution in [0.25, 0.3) is 10.1 Å². The van der Waals surface area contributed by atoms with E-state index in [1.165, 1.54) is 4.70 Å². The summed E-state index contributed by atoms with van der Waals surface area (Å²) in [6.07, 6.45) is 4.08. The Balaban J connectivity index is 1.81. The molecule has 106 valence electrons. The van der Waals surface area contributed by atoms with Gasteiger partial charge in [0.05, 0.1) is 5.56 Å². The van der Waals surface area contributed by atoms with E-state index in [9.17, 15) is 4.79 Å². The van der Waals surface area contributed by atoms with Gasteiger partial charge in [0.1, 0.15) is 0 Å². The molecule has 0 unspecified atom stereocenters. The molecule has 20 heavy (non-hydrogen) atoms. The molecule has 1 heterocycles. The lowest BCUT2D eigenvalue weighted by Crippen LogP contribution is -2.41. The van der Waals surface area contributed by atoms with Crippen LogP contribution in [0.15, 0.2) is 29.6 Å². The molecule has 1 fully saturated rings. The Hall–Kier alpha value is -1.39. The number of hydrogen-bond acceptors (Lipinski definition) is 3. The summed E-state index contributed by atoms with van der Waals surface area (Å²) in [5, 5.41) is 3.06. The third-order valence-electron chi connectivity index (χ3n) is 4.32. The number of fused-ring (bicyclic) bond motifs is 1. The minimum atomic E-state index is 0.142. The number of amides is 1. The predicted octanol–water partition coefficient (Wildman–Crippen LogP) is 3.24. The van der Waals surface area contributed by atoms with Crippen LogP contribution in [0.3, 0.4) is 0 Å². The second-order valence-electron chi connectivity index (χ2n) is 5.63. The highest BCUT2D eigenvalue weighted by molar-refractivity contribution is 7.17. The van der Waals surface area contributed by atoms with Gasteiger partial charge in [-0.05, 0) is 31.7 Å². The third kappa shape index (κ3) is 2.45. The fourth-order valence-corrected chi connectivity index (χ4v) is 3.92. The van der Waals surface area contributed by atoms with Crippen molar-refractivity contribution in [1.29, 1.82) is 0 Å². The Morgan fingerprint density at radius 2 is 1.95 bits per heavy atom. The van der Waals surface area contributed by atoms with Gasteiger partial charge in [0.15, 0.2) is 0 Å². The van der Waals surface area contributed by atoms with E-state index in [2.05, 4.69) is 6.07 Å². The lowest BCUT2D eigenvalue weighted by atomic mass is 9.90. The Morgan fingerprint density at radius 3 is 2.70 bits per heavy atom. The molecule has 0 radical (unpaired) electrons. The zero-order valence-corrected chi connectivity index (χ0v) is 12.5. The first-order valence-corrected chi connectivity index (χ1v) is 8.03. The molecule has 0 atom stereocenters. The topological polar surface area (TPSA) is 46.3 Å². The van der Waals surface area contributed by atoms with Gasteiger partial charge in [-0.25, -0.2) is 0 Å². The van der Waals surface area contributed by atoms with Crippen molar-refractivity contribution >= 4 is 27.3 Å². The van der Waals surface area contributed by atoms with Crippen LogP contribution in [0, 0.1) is 0 Å². The van der Waals surface area contributed by atoms with E-state index in [1.807, 2.05) is 35.5 Å². The van der Waals surface area contributed by atoms with Crippen molar-refractivity contribution in [2.45, 2.75) is 37.8 Å². The minimum absolute atomic E-state index is 0.142. The van der Waals surface area contributed by atoms with Crippen LogP contribution in [-0.2, 0) is 0 Å². The molecule has 1 amide bonds. The largest absolute Gasteiger partial charge is 0.339 e. The van der Waals surface area contributed by atoms with Gasteiger partial charge in [0.25, 0.3) is 5.91 Å². The van der Waals surface area contributed by atoms with E-state index >= 15 is 0 Å². The van der Waals surface area contributed by atoms with Crippen LogP contribution in [-0.4, -0.2) is 29.9 Å². The summed E-state index contributed by atoms with van der Waals surface area (Å²) in [5.74, 6) is 0.142. The van der Waals surface area contributed by atoms with Crippen LogP contribution in [0.2, 0.25) is 0 Å². The minimum Gasteiger partial charge on any atom is -0.339 e.